The summed E-state index contributed by atoms with van der Waals surface area (Å²) in [5.74, 6) is 0.367. The predicted octanol–water partition coefficient (Wildman–Crippen LogP) is 1.86. The summed E-state index contributed by atoms with van der Waals surface area (Å²) < 4.78 is 24.2. The molecule has 0 amide bonds. The van der Waals surface area contributed by atoms with Gasteiger partial charge in [0.1, 0.15) is 4.90 Å². The molecule has 0 N–H and O–H groups in total. The van der Waals surface area contributed by atoms with Gasteiger partial charge in [0.05, 0.1) is 11.4 Å². The summed E-state index contributed by atoms with van der Waals surface area (Å²) >= 11 is 5.63. The summed E-state index contributed by atoms with van der Waals surface area (Å²) in [7, 11) is 1.51. The quantitative estimate of drug-likeness (QED) is 0.791. The molecular formula is C9H8Cl2N4O2S. The number of aryl methyl sites for hydroxylation is 1. The first-order valence-electron chi connectivity index (χ1n) is 4.81. The van der Waals surface area contributed by atoms with E-state index in [0.717, 1.165) is 0 Å². The molecule has 9 heteroatoms. The molecule has 0 radical (unpaired) electrons. The molecule has 0 aliphatic carbocycles. The highest BCUT2D eigenvalue weighted by Crippen LogP contribution is 2.24. The van der Waals surface area contributed by atoms with Gasteiger partial charge in [-0.3, -0.25) is 0 Å². The zero-order valence-corrected chi connectivity index (χ0v) is 11.8. The molecule has 0 saturated heterocycles. The van der Waals surface area contributed by atoms with Gasteiger partial charge in [-0.05, 0) is 26.0 Å². The van der Waals surface area contributed by atoms with E-state index in [1.807, 2.05) is 0 Å². The highest BCUT2D eigenvalue weighted by molar-refractivity contribution is 8.13. The van der Waals surface area contributed by atoms with E-state index in [0.29, 0.717) is 17.2 Å². The van der Waals surface area contributed by atoms with Gasteiger partial charge >= 0.3 is 0 Å². The molecule has 0 aliphatic heterocycles. The Morgan fingerprint density at radius 2 is 1.89 bits per heavy atom. The summed E-state index contributed by atoms with van der Waals surface area (Å²) in [6, 6.07) is 3.12. The predicted molar refractivity (Wildman–Crippen MR) is 66.7 cm³/mol. The molecule has 0 bridgehead atoms. The molecule has 0 atom stereocenters. The zero-order valence-electron chi connectivity index (χ0n) is 9.42. The van der Waals surface area contributed by atoms with Crippen LogP contribution in [-0.2, 0) is 9.05 Å². The average Bonchev–Trinajstić information content (AvgIpc) is 2.54. The fourth-order valence-electron chi connectivity index (χ4n) is 1.63. The third-order valence-corrected chi connectivity index (χ3v) is 4.05. The lowest BCUT2D eigenvalue weighted by atomic mass is 10.4. The van der Waals surface area contributed by atoms with Gasteiger partial charge in [0.2, 0.25) is 0 Å². The maximum atomic E-state index is 11.4. The summed E-state index contributed by atoms with van der Waals surface area (Å²) in [5, 5.41) is 11.8. The number of nitrogens with zero attached hydrogens (tertiary/aromatic N) is 4. The fraction of sp³-hybridized carbons (Fsp3) is 0.222. The van der Waals surface area contributed by atoms with Gasteiger partial charge in [-0.1, -0.05) is 11.6 Å². The summed E-state index contributed by atoms with van der Waals surface area (Å²) in [4.78, 5) is -0.0130. The molecule has 0 aliphatic rings. The molecule has 2 rings (SSSR count). The highest BCUT2D eigenvalue weighted by atomic mass is 35.7. The zero-order chi connectivity index (χ0) is 13.5. The highest BCUT2D eigenvalue weighted by Gasteiger charge is 2.23. The summed E-state index contributed by atoms with van der Waals surface area (Å²) in [5.41, 5.74) is 0.679. The molecule has 0 spiro atoms. The minimum atomic E-state index is -3.84. The lowest BCUT2D eigenvalue weighted by molar-refractivity contribution is 0.608. The van der Waals surface area contributed by atoms with Crippen molar-refractivity contribution in [1.82, 2.24) is 20.0 Å². The third-order valence-electron chi connectivity index (χ3n) is 2.30. The van der Waals surface area contributed by atoms with E-state index < -0.39 is 9.05 Å². The van der Waals surface area contributed by atoms with Crippen LogP contribution in [0.1, 0.15) is 11.4 Å². The Kier molecular flexibility index (Phi) is 3.31. The second-order valence-electron chi connectivity index (χ2n) is 3.56. The number of halogens is 2. The van der Waals surface area contributed by atoms with Crippen molar-refractivity contribution in [2.24, 2.45) is 0 Å². The van der Waals surface area contributed by atoms with Gasteiger partial charge < -0.3 is 0 Å². The monoisotopic (exact) mass is 306 g/mol. The van der Waals surface area contributed by atoms with Crippen LogP contribution in [-0.4, -0.2) is 28.4 Å². The Labute approximate surface area is 113 Å². The summed E-state index contributed by atoms with van der Waals surface area (Å²) in [6.45, 7) is 3.15. The van der Waals surface area contributed by atoms with Crippen molar-refractivity contribution in [3.8, 4) is 5.82 Å². The van der Waals surface area contributed by atoms with Gasteiger partial charge in [-0.15, -0.1) is 10.2 Å². The van der Waals surface area contributed by atoms with Crippen LogP contribution in [0.2, 0.25) is 5.15 Å². The van der Waals surface area contributed by atoms with Gasteiger partial charge in [0.15, 0.2) is 11.0 Å². The van der Waals surface area contributed by atoms with Crippen molar-refractivity contribution in [1.29, 1.82) is 0 Å². The van der Waals surface area contributed by atoms with E-state index in [1.165, 1.54) is 10.7 Å². The average molecular weight is 307 g/mol. The van der Waals surface area contributed by atoms with Crippen LogP contribution in [0.3, 0.4) is 0 Å². The smallest absolute Gasteiger partial charge is 0.216 e. The molecule has 2 aromatic heterocycles. The minimum Gasteiger partial charge on any atom is -0.216 e. The van der Waals surface area contributed by atoms with Crippen LogP contribution >= 0.6 is 22.3 Å². The topological polar surface area (TPSA) is 77.7 Å². The Bertz CT molecular complexity index is 694. The van der Waals surface area contributed by atoms with Crippen molar-refractivity contribution < 1.29 is 8.42 Å². The molecule has 2 aromatic rings. The van der Waals surface area contributed by atoms with E-state index in [1.54, 1.807) is 19.9 Å². The van der Waals surface area contributed by atoms with E-state index in [9.17, 15) is 8.42 Å². The molecule has 0 aromatic carbocycles. The second kappa shape index (κ2) is 4.49. The largest absolute Gasteiger partial charge is 0.264 e. The molecule has 2 heterocycles. The molecule has 0 unspecified atom stereocenters. The molecular weight excluding hydrogens is 299 g/mol. The SMILES string of the molecule is Cc1nn(-c2ccc(Cl)nn2)c(C)c1S(=O)(=O)Cl. The maximum absolute atomic E-state index is 11.4. The molecule has 18 heavy (non-hydrogen) atoms. The number of aromatic nitrogens is 4. The summed E-state index contributed by atoms with van der Waals surface area (Å²) in [6.07, 6.45) is 0. The molecule has 0 saturated carbocycles. The standard InChI is InChI=1S/C9H8Cl2N4O2S/c1-5-9(18(11,16)17)6(2)15(14-5)8-4-3-7(10)12-13-8/h3-4H,1-2H3. The van der Waals surface area contributed by atoms with Gasteiger partial charge in [0, 0.05) is 10.7 Å². The van der Waals surface area contributed by atoms with E-state index in [-0.39, 0.29) is 10.0 Å². The van der Waals surface area contributed by atoms with E-state index in [2.05, 4.69) is 15.3 Å². The van der Waals surface area contributed by atoms with Crippen LogP contribution in [0.25, 0.3) is 5.82 Å². The second-order valence-corrected chi connectivity index (χ2v) is 6.45. The van der Waals surface area contributed by atoms with Gasteiger partial charge in [-0.2, -0.15) is 5.10 Å². The van der Waals surface area contributed by atoms with Crippen LogP contribution in [0, 0.1) is 13.8 Å². The van der Waals surface area contributed by atoms with E-state index in [4.69, 9.17) is 22.3 Å². The number of hydrogen-bond acceptors (Lipinski definition) is 5. The first kappa shape index (κ1) is 13.3. The van der Waals surface area contributed by atoms with Crippen molar-refractivity contribution >= 4 is 31.3 Å². The normalized spacial score (nSPS) is 11.8. The van der Waals surface area contributed by atoms with Crippen LogP contribution in [0.15, 0.2) is 17.0 Å². The third kappa shape index (κ3) is 2.33. The number of rotatable bonds is 2. The Balaban J connectivity index is 2.65. The Morgan fingerprint density at radius 3 is 2.33 bits per heavy atom. The van der Waals surface area contributed by atoms with Crippen molar-refractivity contribution in [2.45, 2.75) is 18.7 Å². The van der Waals surface area contributed by atoms with E-state index >= 15 is 0 Å². The van der Waals surface area contributed by atoms with Crippen LogP contribution < -0.4 is 0 Å². The molecule has 6 nitrogen and oxygen atoms in total. The fourth-order valence-corrected chi connectivity index (χ4v) is 3.23. The van der Waals surface area contributed by atoms with Crippen LogP contribution in [0.4, 0.5) is 0 Å². The Morgan fingerprint density at radius 1 is 1.22 bits per heavy atom. The minimum absolute atomic E-state index is 0.0130. The van der Waals surface area contributed by atoms with Crippen molar-refractivity contribution in [2.75, 3.05) is 0 Å². The van der Waals surface area contributed by atoms with Crippen LogP contribution in [0.5, 0.6) is 0 Å². The first-order valence-corrected chi connectivity index (χ1v) is 7.50. The first-order chi connectivity index (χ1) is 8.30. The molecule has 0 fully saturated rings. The van der Waals surface area contributed by atoms with Gasteiger partial charge in [-0.25, -0.2) is 13.1 Å². The lowest BCUT2D eigenvalue weighted by Crippen LogP contribution is -2.03. The van der Waals surface area contributed by atoms with Gasteiger partial charge in [0.25, 0.3) is 9.05 Å². The Hall–Kier alpha value is -1.18. The van der Waals surface area contributed by atoms with Crippen molar-refractivity contribution in [3.63, 3.8) is 0 Å². The molecule has 96 valence electrons. The number of hydrogen-bond donors (Lipinski definition) is 0. The van der Waals surface area contributed by atoms with Crippen molar-refractivity contribution in [3.05, 3.63) is 28.7 Å². The lowest BCUT2D eigenvalue weighted by Gasteiger charge is -2.02. The maximum Gasteiger partial charge on any atom is 0.264 e.